The molecule has 0 bridgehead atoms. The van der Waals surface area contributed by atoms with E-state index in [1.165, 1.54) is 5.56 Å². The van der Waals surface area contributed by atoms with E-state index in [2.05, 4.69) is 10.3 Å². The quantitative estimate of drug-likeness (QED) is 0.868. The van der Waals surface area contributed by atoms with E-state index in [0.29, 0.717) is 6.61 Å². The van der Waals surface area contributed by atoms with Crippen LogP contribution < -0.4 is 5.32 Å². The maximum Gasteiger partial charge on any atom is 0.239 e. The summed E-state index contributed by atoms with van der Waals surface area (Å²) in [5.41, 5.74) is 2.84. The smallest absolute Gasteiger partial charge is 0.239 e. The minimum Gasteiger partial charge on any atom is -0.368 e. The van der Waals surface area contributed by atoms with Crippen LogP contribution in [0.3, 0.4) is 0 Å². The summed E-state index contributed by atoms with van der Waals surface area (Å²) in [6.45, 7) is 3.09. The molecule has 1 unspecified atom stereocenters. The lowest BCUT2D eigenvalue weighted by Gasteiger charge is -2.44. The summed E-state index contributed by atoms with van der Waals surface area (Å²) in [5.74, 6) is 0.994. The van der Waals surface area contributed by atoms with E-state index in [4.69, 9.17) is 9.72 Å². The lowest BCUT2D eigenvalue weighted by molar-refractivity contribution is -0.143. The summed E-state index contributed by atoms with van der Waals surface area (Å²) in [5, 5.41) is 3.32. The monoisotopic (exact) mass is 378 g/mol. The second-order valence-corrected chi connectivity index (χ2v) is 8.00. The molecule has 1 amide bonds. The van der Waals surface area contributed by atoms with E-state index in [1.807, 2.05) is 41.4 Å². The number of carbonyl (C=O) groups is 1. The maximum atomic E-state index is 12.8. The van der Waals surface area contributed by atoms with Gasteiger partial charge in [0, 0.05) is 24.8 Å². The maximum absolute atomic E-state index is 12.8. The van der Waals surface area contributed by atoms with Crippen LogP contribution in [0.5, 0.6) is 0 Å². The van der Waals surface area contributed by atoms with E-state index in [9.17, 15) is 4.79 Å². The average molecular weight is 378 g/mol. The molecule has 28 heavy (non-hydrogen) atoms. The number of hydrogen-bond donors (Lipinski definition) is 1. The van der Waals surface area contributed by atoms with Crippen LogP contribution >= 0.6 is 0 Å². The summed E-state index contributed by atoms with van der Waals surface area (Å²) >= 11 is 0. The van der Waals surface area contributed by atoms with Crippen molar-refractivity contribution >= 4 is 5.91 Å². The Bertz CT molecular complexity index is 856. The first-order valence-corrected chi connectivity index (χ1v) is 10.3. The Morgan fingerprint density at radius 2 is 2.04 bits per heavy atom. The van der Waals surface area contributed by atoms with Gasteiger partial charge in [-0.2, -0.15) is 0 Å². The number of benzene rings is 1. The fraction of sp³-hybridized carbons (Fsp3) is 0.500. The third kappa shape index (κ3) is 3.10. The molecule has 1 aromatic heterocycles. The molecule has 4 heterocycles. The van der Waals surface area contributed by atoms with E-state index >= 15 is 0 Å². The molecule has 6 heteroatoms. The van der Waals surface area contributed by atoms with Gasteiger partial charge in [0.25, 0.3) is 0 Å². The van der Waals surface area contributed by atoms with Crippen LogP contribution in [0.15, 0.2) is 36.5 Å². The molecule has 0 aliphatic carbocycles. The molecule has 6 nitrogen and oxygen atoms in total. The van der Waals surface area contributed by atoms with Crippen molar-refractivity contribution in [3.63, 3.8) is 0 Å². The number of carbonyl (C=O) groups excluding carboxylic acids is 1. The summed E-state index contributed by atoms with van der Waals surface area (Å²) in [6.07, 6.45) is 6.44. The van der Waals surface area contributed by atoms with Crippen molar-refractivity contribution in [2.24, 2.45) is 0 Å². The molecule has 1 spiro atoms. The number of nitrogens with zero attached hydrogens (tertiary/aromatic N) is 3. The van der Waals surface area contributed by atoms with Gasteiger partial charge in [-0.1, -0.05) is 30.3 Å². The minimum atomic E-state index is -0.389. The van der Waals surface area contributed by atoms with Crippen LogP contribution in [-0.2, 0) is 21.6 Å². The molecular weight excluding hydrogens is 352 g/mol. The SMILES string of the molecule is O=C(C1CCCN1)N1CCC2(CC1)OCCc1cnc(-c3ccccc3)nc12. The highest BCUT2D eigenvalue weighted by molar-refractivity contribution is 5.82. The van der Waals surface area contributed by atoms with Crippen LogP contribution in [0.25, 0.3) is 11.4 Å². The summed E-state index contributed by atoms with van der Waals surface area (Å²) < 4.78 is 6.33. The molecule has 1 aromatic carbocycles. The van der Waals surface area contributed by atoms with Crippen molar-refractivity contribution in [1.82, 2.24) is 20.2 Å². The number of likely N-dealkylation sites (tertiary alicyclic amines) is 1. The Kier molecular flexibility index (Phi) is 4.61. The van der Waals surface area contributed by atoms with Gasteiger partial charge in [-0.3, -0.25) is 4.79 Å². The van der Waals surface area contributed by atoms with Gasteiger partial charge in [0.2, 0.25) is 5.91 Å². The predicted octanol–water partition coefficient (Wildman–Crippen LogP) is 2.29. The Morgan fingerprint density at radius 3 is 2.79 bits per heavy atom. The van der Waals surface area contributed by atoms with E-state index < -0.39 is 0 Å². The third-order valence-electron chi connectivity index (χ3n) is 6.32. The van der Waals surface area contributed by atoms with Crippen molar-refractivity contribution < 1.29 is 9.53 Å². The number of piperidine rings is 1. The first-order valence-electron chi connectivity index (χ1n) is 10.3. The van der Waals surface area contributed by atoms with Gasteiger partial charge in [0.1, 0.15) is 5.60 Å². The summed E-state index contributed by atoms with van der Waals surface area (Å²) in [7, 11) is 0. The molecule has 3 aliphatic heterocycles. The zero-order valence-electron chi connectivity index (χ0n) is 16.1. The predicted molar refractivity (Wildman–Crippen MR) is 106 cm³/mol. The number of fused-ring (bicyclic) bond motifs is 2. The Morgan fingerprint density at radius 1 is 1.21 bits per heavy atom. The van der Waals surface area contributed by atoms with Crippen LogP contribution in [-0.4, -0.2) is 53.1 Å². The summed E-state index contributed by atoms with van der Waals surface area (Å²) in [6, 6.07) is 10.1. The number of ether oxygens (including phenoxy) is 1. The number of nitrogens with one attached hydrogen (secondary N) is 1. The fourth-order valence-corrected chi connectivity index (χ4v) is 4.72. The molecule has 0 radical (unpaired) electrons. The lowest BCUT2D eigenvalue weighted by Crippen LogP contribution is -2.52. The molecule has 0 saturated carbocycles. The first kappa shape index (κ1) is 17.8. The van der Waals surface area contributed by atoms with E-state index in [0.717, 1.165) is 68.8 Å². The van der Waals surface area contributed by atoms with Crippen molar-refractivity contribution in [3.05, 3.63) is 47.8 Å². The average Bonchev–Trinajstić information content (AvgIpc) is 3.30. The number of amides is 1. The van der Waals surface area contributed by atoms with Gasteiger partial charge in [0.05, 0.1) is 18.3 Å². The van der Waals surface area contributed by atoms with Crippen LogP contribution in [0.2, 0.25) is 0 Å². The number of aromatic nitrogens is 2. The highest BCUT2D eigenvalue weighted by Crippen LogP contribution is 2.41. The molecule has 146 valence electrons. The van der Waals surface area contributed by atoms with Crippen molar-refractivity contribution in [2.45, 2.75) is 43.7 Å². The van der Waals surface area contributed by atoms with Crippen molar-refractivity contribution in [1.29, 1.82) is 0 Å². The molecule has 2 fully saturated rings. The number of rotatable bonds is 2. The first-order chi connectivity index (χ1) is 13.8. The van der Waals surface area contributed by atoms with Crippen LogP contribution in [0.4, 0.5) is 0 Å². The van der Waals surface area contributed by atoms with Crippen molar-refractivity contribution in [2.75, 3.05) is 26.2 Å². The minimum absolute atomic E-state index is 0.000573. The zero-order valence-corrected chi connectivity index (χ0v) is 16.1. The Labute approximate surface area is 165 Å². The normalized spacial score (nSPS) is 23.6. The Hall–Kier alpha value is -2.31. The second kappa shape index (κ2) is 7.26. The Balaban J connectivity index is 1.39. The van der Waals surface area contributed by atoms with Crippen molar-refractivity contribution in [3.8, 4) is 11.4 Å². The van der Waals surface area contributed by atoms with Gasteiger partial charge in [-0.15, -0.1) is 0 Å². The lowest BCUT2D eigenvalue weighted by atomic mass is 9.83. The highest BCUT2D eigenvalue weighted by Gasteiger charge is 2.44. The molecule has 5 rings (SSSR count). The molecule has 2 saturated heterocycles. The van der Waals surface area contributed by atoms with Gasteiger partial charge in [-0.25, -0.2) is 9.97 Å². The molecule has 1 N–H and O–H groups in total. The standard InChI is InChI=1S/C22H26N4O2/c27-21(18-7-4-11-23-18)26-12-9-22(10-13-26)19-17(8-14-28-22)15-24-20(25-19)16-5-2-1-3-6-16/h1-3,5-6,15,18,23H,4,7-14H2. The van der Waals surface area contributed by atoms with E-state index in [1.54, 1.807) is 0 Å². The largest absolute Gasteiger partial charge is 0.368 e. The molecule has 1 atom stereocenters. The highest BCUT2D eigenvalue weighted by atomic mass is 16.5. The topological polar surface area (TPSA) is 67.4 Å². The third-order valence-corrected chi connectivity index (χ3v) is 6.32. The summed E-state index contributed by atoms with van der Waals surface area (Å²) in [4.78, 5) is 24.3. The number of hydrogen-bond acceptors (Lipinski definition) is 5. The van der Waals surface area contributed by atoms with Gasteiger partial charge in [-0.05, 0) is 44.2 Å². The fourth-order valence-electron chi connectivity index (χ4n) is 4.72. The molecule has 3 aliphatic rings. The molecule has 2 aromatic rings. The van der Waals surface area contributed by atoms with Gasteiger partial charge >= 0.3 is 0 Å². The van der Waals surface area contributed by atoms with Gasteiger partial charge < -0.3 is 15.0 Å². The zero-order chi connectivity index (χ0) is 19.0. The van der Waals surface area contributed by atoms with Gasteiger partial charge in [0.15, 0.2) is 5.82 Å². The molecular formula is C22H26N4O2. The van der Waals surface area contributed by atoms with Crippen LogP contribution in [0, 0.1) is 0 Å². The second-order valence-electron chi connectivity index (χ2n) is 8.00. The van der Waals surface area contributed by atoms with Crippen LogP contribution in [0.1, 0.15) is 36.9 Å². The van der Waals surface area contributed by atoms with E-state index in [-0.39, 0.29) is 17.6 Å².